The van der Waals surface area contributed by atoms with Crippen LogP contribution in [0.2, 0.25) is 0 Å². The zero-order valence-electron chi connectivity index (χ0n) is 15.1. The van der Waals surface area contributed by atoms with E-state index in [1.807, 2.05) is 38.1 Å². The molecule has 0 saturated carbocycles. The third-order valence-corrected chi connectivity index (χ3v) is 5.42. The Morgan fingerprint density at radius 2 is 2.00 bits per heavy atom. The molecule has 3 rings (SSSR count). The van der Waals surface area contributed by atoms with Crippen LogP contribution < -0.4 is 10.3 Å². The fraction of sp³-hybridized carbons (Fsp3) is 0.368. The molecule has 2 heterocycles. The quantitative estimate of drug-likeness (QED) is 0.688. The highest BCUT2D eigenvalue weighted by Gasteiger charge is 2.14. The number of benzene rings is 1. The maximum atomic E-state index is 12.6. The minimum atomic E-state index is -0.787. The first-order chi connectivity index (χ1) is 12.5. The molecule has 1 N–H and O–H groups in total. The predicted molar refractivity (Wildman–Crippen MR) is 102 cm³/mol. The van der Waals surface area contributed by atoms with E-state index < -0.39 is 6.10 Å². The molecule has 0 radical (unpaired) electrons. The fourth-order valence-electron chi connectivity index (χ4n) is 2.71. The van der Waals surface area contributed by atoms with E-state index in [1.54, 1.807) is 7.11 Å². The predicted octanol–water partition coefficient (Wildman–Crippen LogP) is 2.66. The molecule has 2 aromatic heterocycles. The molecule has 7 heteroatoms. The lowest BCUT2D eigenvalue weighted by Gasteiger charge is -2.13. The van der Waals surface area contributed by atoms with Gasteiger partial charge < -0.3 is 14.6 Å². The van der Waals surface area contributed by atoms with Crippen LogP contribution in [0.3, 0.4) is 0 Å². The summed E-state index contributed by atoms with van der Waals surface area (Å²) in [6, 6.07) is 7.55. The third-order valence-electron chi connectivity index (χ3n) is 4.30. The number of aliphatic hydroxyl groups excluding tert-OH is 1. The van der Waals surface area contributed by atoms with E-state index in [0.29, 0.717) is 12.0 Å². The summed E-state index contributed by atoms with van der Waals surface area (Å²) in [5.41, 5.74) is 1.83. The Morgan fingerprint density at radius 3 is 2.69 bits per heavy atom. The number of fused-ring (bicyclic) bond motifs is 1. The molecule has 0 saturated heterocycles. The smallest absolute Gasteiger partial charge is 0.262 e. The molecular weight excluding hydrogens is 352 g/mol. The number of hydrogen-bond donors (Lipinski definition) is 1. The van der Waals surface area contributed by atoms with E-state index in [9.17, 15) is 9.90 Å². The van der Waals surface area contributed by atoms with Crippen LogP contribution in [0.25, 0.3) is 10.2 Å². The molecule has 0 bridgehead atoms. The van der Waals surface area contributed by atoms with Crippen molar-refractivity contribution >= 4 is 21.6 Å². The van der Waals surface area contributed by atoms with Gasteiger partial charge in [-0.15, -0.1) is 11.3 Å². The molecule has 1 aromatic carbocycles. The van der Waals surface area contributed by atoms with Crippen LogP contribution in [0.4, 0.5) is 0 Å². The number of aromatic nitrogens is 2. The number of rotatable bonds is 7. The van der Waals surface area contributed by atoms with Gasteiger partial charge in [-0.05, 0) is 37.1 Å². The van der Waals surface area contributed by atoms with E-state index in [4.69, 9.17) is 9.47 Å². The molecular formula is C19H22N2O4S. The monoisotopic (exact) mass is 374 g/mol. The van der Waals surface area contributed by atoms with Gasteiger partial charge in [0.15, 0.2) is 0 Å². The second-order valence-electron chi connectivity index (χ2n) is 6.18. The molecule has 1 atom stereocenters. The van der Waals surface area contributed by atoms with Crippen molar-refractivity contribution in [3.63, 3.8) is 0 Å². The molecule has 26 heavy (non-hydrogen) atoms. The largest absolute Gasteiger partial charge is 0.497 e. The van der Waals surface area contributed by atoms with Gasteiger partial charge in [0.25, 0.3) is 5.56 Å². The molecule has 0 unspecified atom stereocenters. The number of aliphatic hydroxyl groups is 1. The third kappa shape index (κ3) is 3.95. The van der Waals surface area contributed by atoms with Crippen molar-refractivity contribution in [2.24, 2.45) is 0 Å². The van der Waals surface area contributed by atoms with Crippen molar-refractivity contribution in [2.45, 2.75) is 33.1 Å². The second-order valence-corrected chi connectivity index (χ2v) is 7.39. The SMILES string of the molecule is COc1ccc(COC[C@@H](O)Cn2cnc3sc(C)c(C)c3c2=O)cc1. The van der Waals surface area contributed by atoms with Gasteiger partial charge in [-0.25, -0.2) is 4.98 Å². The van der Waals surface area contributed by atoms with Crippen LogP contribution in [-0.4, -0.2) is 34.5 Å². The van der Waals surface area contributed by atoms with Crippen molar-refractivity contribution in [2.75, 3.05) is 13.7 Å². The molecule has 3 aromatic rings. The maximum Gasteiger partial charge on any atom is 0.262 e. The summed E-state index contributed by atoms with van der Waals surface area (Å²) >= 11 is 1.51. The molecule has 0 aliphatic heterocycles. The Bertz CT molecular complexity index is 947. The Kier molecular flexibility index (Phi) is 5.70. The van der Waals surface area contributed by atoms with Crippen molar-refractivity contribution in [1.29, 1.82) is 0 Å². The fourth-order valence-corrected chi connectivity index (χ4v) is 3.70. The highest BCUT2D eigenvalue weighted by Crippen LogP contribution is 2.25. The van der Waals surface area contributed by atoms with Gasteiger partial charge in [-0.2, -0.15) is 0 Å². The first-order valence-corrected chi connectivity index (χ1v) is 9.15. The molecule has 0 aliphatic rings. The molecule has 138 valence electrons. The van der Waals surface area contributed by atoms with Gasteiger partial charge in [0, 0.05) is 4.88 Å². The number of hydrogen-bond acceptors (Lipinski definition) is 6. The van der Waals surface area contributed by atoms with Crippen LogP contribution in [-0.2, 0) is 17.9 Å². The minimum absolute atomic E-state index is 0.119. The zero-order chi connectivity index (χ0) is 18.7. The summed E-state index contributed by atoms with van der Waals surface area (Å²) in [6.07, 6.45) is 0.706. The lowest BCUT2D eigenvalue weighted by atomic mass is 10.2. The number of methoxy groups -OCH3 is 1. The van der Waals surface area contributed by atoms with Gasteiger partial charge in [0.1, 0.15) is 10.6 Å². The normalized spacial score (nSPS) is 12.5. The highest BCUT2D eigenvalue weighted by atomic mass is 32.1. The minimum Gasteiger partial charge on any atom is -0.497 e. The first kappa shape index (κ1) is 18.6. The molecule has 0 fully saturated rings. The summed E-state index contributed by atoms with van der Waals surface area (Å²) < 4.78 is 12.1. The van der Waals surface area contributed by atoms with Gasteiger partial charge in [0.2, 0.25) is 0 Å². The summed E-state index contributed by atoms with van der Waals surface area (Å²) in [7, 11) is 1.62. The number of aryl methyl sites for hydroxylation is 2. The van der Waals surface area contributed by atoms with Crippen LogP contribution >= 0.6 is 11.3 Å². The Labute approximate surface area is 155 Å². The Morgan fingerprint density at radius 1 is 1.27 bits per heavy atom. The maximum absolute atomic E-state index is 12.6. The number of thiophene rings is 1. The van der Waals surface area contributed by atoms with Crippen LogP contribution in [0.1, 0.15) is 16.0 Å². The van der Waals surface area contributed by atoms with Crippen molar-refractivity contribution in [3.05, 3.63) is 57.0 Å². The number of nitrogens with zero attached hydrogens (tertiary/aromatic N) is 2. The molecule has 0 amide bonds. The van der Waals surface area contributed by atoms with Gasteiger partial charge in [-0.3, -0.25) is 9.36 Å². The topological polar surface area (TPSA) is 73.6 Å². The lowest BCUT2D eigenvalue weighted by molar-refractivity contribution is 0.0198. The zero-order valence-corrected chi connectivity index (χ0v) is 15.9. The summed E-state index contributed by atoms with van der Waals surface area (Å²) in [5, 5.41) is 10.8. The van der Waals surface area contributed by atoms with Gasteiger partial charge in [0.05, 0.1) is 44.7 Å². The van der Waals surface area contributed by atoms with Crippen LogP contribution in [0.15, 0.2) is 35.4 Å². The standard InChI is InChI=1S/C19H22N2O4S/c1-12-13(2)26-18-17(12)19(23)21(11-20-18)8-15(22)10-25-9-14-4-6-16(24-3)7-5-14/h4-7,11,15,22H,8-10H2,1-3H3/t15-/m0/s1. The van der Waals surface area contributed by atoms with Crippen LogP contribution in [0.5, 0.6) is 5.75 Å². The van der Waals surface area contributed by atoms with Crippen molar-refractivity contribution in [1.82, 2.24) is 9.55 Å². The molecule has 0 spiro atoms. The van der Waals surface area contributed by atoms with E-state index >= 15 is 0 Å². The Hall–Kier alpha value is -2.22. The highest BCUT2D eigenvalue weighted by molar-refractivity contribution is 7.18. The molecule has 6 nitrogen and oxygen atoms in total. The van der Waals surface area contributed by atoms with Crippen molar-refractivity contribution in [3.8, 4) is 5.75 Å². The Balaban J connectivity index is 1.60. The average Bonchev–Trinajstić information content (AvgIpc) is 2.93. The first-order valence-electron chi connectivity index (χ1n) is 8.33. The van der Waals surface area contributed by atoms with Crippen LogP contribution in [0, 0.1) is 13.8 Å². The van der Waals surface area contributed by atoms with E-state index in [-0.39, 0.29) is 18.7 Å². The van der Waals surface area contributed by atoms with E-state index in [2.05, 4.69) is 4.98 Å². The number of ether oxygens (including phenoxy) is 2. The second kappa shape index (κ2) is 7.99. The van der Waals surface area contributed by atoms with Crippen molar-refractivity contribution < 1.29 is 14.6 Å². The van der Waals surface area contributed by atoms with E-state index in [1.165, 1.54) is 22.2 Å². The summed E-state index contributed by atoms with van der Waals surface area (Å²) in [5.74, 6) is 0.787. The average molecular weight is 374 g/mol. The lowest BCUT2D eigenvalue weighted by Crippen LogP contribution is -2.29. The molecule has 0 aliphatic carbocycles. The summed E-state index contributed by atoms with van der Waals surface area (Å²) in [6.45, 7) is 4.58. The van der Waals surface area contributed by atoms with E-state index in [0.717, 1.165) is 26.6 Å². The van der Waals surface area contributed by atoms with Gasteiger partial charge >= 0.3 is 0 Å². The van der Waals surface area contributed by atoms with Gasteiger partial charge in [-0.1, -0.05) is 12.1 Å². The summed E-state index contributed by atoms with van der Waals surface area (Å²) in [4.78, 5) is 18.8.